The number of carbonyl (C=O) groups excluding carboxylic acids is 1. The van der Waals surface area contributed by atoms with Crippen molar-refractivity contribution in [3.8, 4) is 5.75 Å². The Kier molecular flexibility index (Phi) is 6.20. The minimum Gasteiger partial charge on any atom is -0.382 e. The van der Waals surface area contributed by atoms with E-state index in [-0.39, 0.29) is 16.6 Å². The van der Waals surface area contributed by atoms with Crippen LogP contribution in [0.4, 0.5) is 16.4 Å². The molecule has 0 radical (unpaired) electrons. The predicted octanol–water partition coefficient (Wildman–Crippen LogP) is 4.61. The van der Waals surface area contributed by atoms with Crippen LogP contribution in [0, 0.1) is 0 Å². The third kappa shape index (κ3) is 5.95. The molecule has 3 aromatic rings. The Morgan fingerprint density at radius 2 is 1.79 bits per heavy atom. The number of fused-ring (bicyclic) bond motifs is 1. The maximum Gasteiger partial charge on any atom is 0.339 e. The first kappa shape index (κ1) is 22.9. The number of urea groups is 1. The number of anilines is 2. The van der Waals surface area contributed by atoms with E-state index in [2.05, 4.69) is 25.9 Å². The summed E-state index contributed by atoms with van der Waals surface area (Å²) in [6, 6.07) is 11.3. The van der Waals surface area contributed by atoms with Crippen LogP contribution in [-0.2, 0) is 10.1 Å². The second-order valence-electron chi connectivity index (χ2n) is 9.28. The quantitative estimate of drug-likeness (QED) is 0.389. The molecule has 1 heterocycles. The van der Waals surface area contributed by atoms with Gasteiger partial charge in [0.25, 0.3) is 0 Å². The van der Waals surface area contributed by atoms with E-state index in [1.807, 2.05) is 20.8 Å². The lowest BCUT2D eigenvalue weighted by atomic mass is 10.1. The fourth-order valence-corrected chi connectivity index (χ4v) is 4.70. The highest BCUT2D eigenvalue weighted by atomic mass is 32.2. The monoisotopic (exact) mass is 471 g/mol. The fraction of sp³-hybridized carbons (Fsp3) is 0.391. The van der Waals surface area contributed by atoms with E-state index in [1.54, 1.807) is 18.2 Å². The minimum atomic E-state index is -4.00. The van der Waals surface area contributed by atoms with Crippen molar-refractivity contribution >= 4 is 38.8 Å². The first-order chi connectivity index (χ1) is 15.6. The van der Waals surface area contributed by atoms with Crippen molar-refractivity contribution in [2.75, 3.05) is 10.6 Å². The lowest BCUT2D eigenvalue weighted by molar-refractivity contribution is 0.243. The average molecular weight is 472 g/mol. The molecule has 0 aliphatic heterocycles. The van der Waals surface area contributed by atoms with Crippen molar-refractivity contribution in [3.05, 3.63) is 42.5 Å². The minimum absolute atomic E-state index is 0.0720. The van der Waals surface area contributed by atoms with Gasteiger partial charge in [-0.1, -0.05) is 12.8 Å². The highest BCUT2D eigenvalue weighted by Gasteiger charge is 2.19. The molecule has 0 atom stereocenters. The van der Waals surface area contributed by atoms with Gasteiger partial charge < -0.3 is 19.8 Å². The molecule has 2 aromatic carbocycles. The molecule has 2 amide bonds. The van der Waals surface area contributed by atoms with Crippen LogP contribution in [0.3, 0.4) is 0 Å². The molecule has 0 bridgehead atoms. The summed E-state index contributed by atoms with van der Waals surface area (Å²) in [5, 5.41) is 8.84. The van der Waals surface area contributed by atoms with Crippen molar-refractivity contribution in [3.63, 3.8) is 0 Å². The zero-order valence-corrected chi connectivity index (χ0v) is 19.8. The summed E-state index contributed by atoms with van der Waals surface area (Å²) in [5.41, 5.74) is 1.60. The number of rotatable bonds is 6. The smallest absolute Gasteiger partial charge is 0.339 e. The van der Waals surface area contributed by atoms with Crippen LogP contribution < -0.4 is 20.1 Å². The summed E-state index contributed by atoms with van der Waals surface area (Å²) in [4.78, 5) is 19.4. The lowest BCUT2D eigenvalue weighted by Gasteiger charge is -2.20. The van der Waals surface area contributed by atoms with Crippen LogP contribution in [-0.4, -0.2) is 36.0 Å². The molecule has 4 N–H and O–H groups in total. The Hall–Kier alpha value is -3.27. The van der Waals surface area contributed by atoms with Gasteiger partial charge in [-0.05, 0) is 70.0 Å². The number of aromatic amines is 1. The number of amides is 2. The van der Waals surface area contributed by atoms with E-state index in [0.717, 1.165) is 18.5 Å². The number of carbonyl (C=O) groups is 1. The largest absolute Gasteiger partial charge is 0.382 e. The molecule has 0 saturated heterocycles. The molecule has 1 aliphatic rings. The van der Waals surface area contributed by atoms with Crippen molar-refractivity contribution in [1.82, 2.24) is 15.3 Å². The summed E-state index contributed by atoms with van der Waals surface area (Å²) >= 11 is 0. The molecule has 0 spiro atoms. The maximum absolute atomic E-state index is 12.7. The predicted molar refractivity (Wildman–Crippen MR) is 128 cm³/mol. The molecule has 4 rings (SSSR count). The van der Waals surface area contributed by atoms with Gasteiger partial charge in [-0.2, -0.15) is 8.42 Å². The van der Waals surface area contributed by atoms with E-state index in [9.17, 15) is 13.2 Å². The third-order valence-electron chi connectivity index (χ3n) is 5.25. The van der Waals surface area contributed by atoms with Crippen molar-refractivity contribution in [1.29, 1.82) is 0 Å². The van der Waals surface area contributed by atoms with Gasteiger partial charge in [0.15, 0.2) is 0 Å². The van der Waals surface area contributed by atoms with Crippen molar-refractivity contribution < 1.29 is 17.4 Å². The van der Waals surface area contributed by atoms with Crippen LogP contribution in [0.2, 0.25) is 0 Å². The van der Waals surface area contributed by atoms with Gasteiger partial charge in [0.1, 0.15) is 10.6 Å². The second kappa shape index (κ2) is 8.93. The number of nitrogens with one attached hydrogen (secondary N) is 4. The van der Waals surface area contributed by atoms with Gasteiger partial charge in [-0.15, -0.1) is 0 Å². The number of hydrogen-bond acceptors (Lipinski definition) is 6. The molecule has 10 heteroatoms. The van der Waals surface area contributed by atoms with E-state index in [0.29, 0.717) is 17.1 Å². The Labute approximate surface area is 193 Å². The van der Waals surface area contributed by atoms with Gasteiger partial charge in [-0.3, -0.25) is 5.32 Å². The summed E-state index contributed by atoms with van der Waals surface area (Å²) in [6.45, 7) is 5.61. The molecule has 1 saturated carbocycles. The van der Waals surface area contributed by atoms with Crippen LogP contribution in [0.25, 0.3) is 11.0 Å². The van der Waals surface area contributed by atoms with E-state index < -0.39 is 21.7 Å². The van der Waals surface area contributed by atoms with Crippen molar-refractivity contribution in [2.45, 2.75) is 62.9 Å². The standard InChI is InChI=1S/C23H29N5O4S/c1-23(2,3)28-22(29)27-21-25-19-13-10-17(14-20(19)26-21)32-33(30,31)18-11-8-16(9-12-18)24-15-6-4-5-7-15/h8-15,24H,4-7H2,1-3H3,(H3,25,26,27,28,29). The molecule has 1 fully saturated rings. The fourth-order valence-electron chi connectivity index (χ4n) is 3.77. The van der Waals surface area contributed by atoms with Crippen molar-refractivity contribution in [2.24, 2.45) is 0 Å². The highest BCUT2D eigenvalue weighted by Crippen LogP contribution is 2.26. The van der Waals surface area contributed by atoms with Gasteiger partial charge >= 0.3 is 16.1 Å². The van der Waals surface area contributed by atoms with Crippen LogP contribution in [0.1, 0.15) is 46.5 Å². The zero-order valence-electron chi connectivity index (χ0n) is 18.9. The van der Waals surface area contributed by atoms with E-state index in [1.165, 1.54) is 37.1 Å². The second-order valence-corrected chi connectivity index (χ2v) is 10.8. The molecule has 9 nitrogen and oxygen atoms in total. The first-order valence-corrected chi connectivity index (χ1v) is 12.4. The molecular weight excluding hydrogens is 442 g/mol. The first-order valence-electron chi connectivity index (χ1n) is 11.0. The van der Waals surface area contributed by atoms with Gasteiger partial charge in [0.2, 0.25) is 5.95 Å². The normalized spacial score (nSPS) is 14.9. The number of imidazole rings is 1. The Morgan fingerprint density at radius 1 is 1.09 bits per heavy atom. The third-order valence-corrected chi connectivity index (χ3v) is 6.51. The molecule has 0 unspecified atom stereocenters. The number of nitrogens with zero attached hydrogens (tertiary/aromatic N) is 1. The summed E-state index contributed by atoms with van der Waals surface area (Å²) in [6.07, 6.45) is 4.72. The maximum atomic E-state index is 12.7. The Morgan fingerprint density at radius 3 is 2.45 bits per heavy atom. The zero-order chi connectivity index (χ0) is 23.6. The Balaban J connectivity index is 1.44. The number of hydrogen-bond donors (Lipinski definition) is 4. The van der Waals surface area contributed by atoms with Gasteiger partial charge in [0.05, 0.1) is 11.0 Å². The van der Waals surface area contributed by atoms with E-state index >= 15 is 0 Å². The van der Waals surface area contributed by atoms with E-state index in [4.69, 9.17) is 4.18 Å². The molecule has 33 heavy (non-hydrogen) atoms. The summed E-state index contributed by atoms with van der Waals surface area (Å²) in [7, 11) is -4.00. The number of benzene rings is 2. The molecule has 1 aromatic heterocycles. The summed E-state index contributed by atoms with van der Waals surface area (Å²) in [5.74, 6) is 0.380. The Bertz CT molecular complexity index is 1240. The topological polar surface area (TPSA) is 125 Å². The van der Waals surface area contributed by atoms with Crippen LogP contribution in [0.5, 0.6) is 5.75 Å². The highest BCUT2D eigenvalue weighted by molar-refractivity contribution is 7.87. The summed E-state index contributed by atoms with van der Waals surface area (Å²) < 4.78 is 30.8. The number of H-pyrrole nitrogens is 1. The molecular formula is C23H29N5O4S. The average Bonchev–Trinajstić information content (AvgIpc) is 3.35. The van der Waals surface area contributed by atoms with Crippen LogP contribution in [0.15, 0.2) is 47.4 Å². The van der Waals surface area contributed by atoms with Crippen LogP contribution >= 0.6 is 0 Å². The lowest BCUT2D eigenvalue weighted by Crippen LogP contribution is -2.43. The molecule has 1 aliphatic carbocycles. The molecule has 176 valence electrons. The van der Waals surface area contributed by atoms with Gasteiger partial charge in [0, 0.05) is 23.3 Å². The van der Waals surface area contributed by atoms with Gasteiger partial charge in [-0.25, -0.2) is 9.78 Å². The number of aromatic nitrogens is 2. The SMILES string of the molecule is CC(C)(C)NC(=O)Nc1nc2cc(OS(=O)(=O)c3ccc(NC4CCCC4)cc3)ccc2[nH]1.